The average molecular weight is 408 g/mol. The minimum atomic E-state index is -0.150. The molecule has 0 bridgehead atoms. The molecule has 6 heteroatoms. The number of aryl methyl sites for hydroxylation is 2. The van der Waals surface area contributed by atoms with E-state index in [1.165, 1.54) is 29.3 Å². The van der Waals surface area contributed by atoms with Gasteiger partial charge >= 0.3 is 0 Å². The standard InChI is InChI=1S/C25H20N4O2/c1-16-3-4-20(11-17(16)2)18-5-7-19(8-6-18)25-27-21-9-10-29(13-22(21)28-25)14-23(30)24-12-26-15-31-24/h3-13,15H,14H2,1-2H3. The summed E-state index contributed by atoms with van der Waals surface area (Å²) in [7, 11) is 0. The van der Waals surface area contributed by atoms with Crippen LogP contribution in [0.2, 0.25) is 0 Å². The molecule has 5 rings (SSSR count). The third kappa shape index (κ3) is 3.75. The van der Waals surface area contributed by atoms with Gasteiger partial charge in [0.05, 0.1) is 18.4 Å². The Morgan fingerprint density at radius 3 is 2.39 bits per heavy atom. The fourth-order valence-electron chi connectivity index (χ4n) is 3.51. The van der Waals surface area contributed by atoms with Gasteiger partial charge in [-0.3, -0.25) is 4.79 Å². The van der Waals surface area contributed by atoms with Gasteiger partial charge in [0.2, 0.25) is 5.78 Å². The van der Waals surface area contributed by atoms with Crippen molar-refractivity contribution in [2.24, 2.45) is 0 Å². The number of oxazole rings is 1. The van der Waals surface area contributed by atoms with Crippen LogP contribution in [0.15, 0.2) is 77.9 Å². The molecule has 0 N–H and O–H groups in total. The summed E-state index contributed by atoms with van der Waals surface area (Å²) in [6.07, 6.45) is 6.31. The molecule has 1 aromatic heterocycles. The highest BCUT2D eigenvalue weighted by atomic mass is 16.3. The van der Waals surface area contributed by atoms with Crippen molar-refractivity contribution in [2.75, 3.05) is 0 Å². The van der Waals surface area contributed by atoms with E-state index in [1.54, 1.807) is 4.57 Å². The molecule has 0 amide bonds. The molecule has 152 valence electrons. The maximum atomic E-state index is 12.2. The highest BCUT2D eigenvalue weighted by Crippen LogP contribution is 2.28. The maximum absolute atomic E-state index is 12.2. The molecule has 0 aliphatic carbocycles. The lowest BCUT2D eigenvalue weighted by Crippen LogP contribution is -2.10. The van der Waals surface area contributed by atoms with Gasteiger partial charge < -0.3 is 8.98 Å². The molecule has 3 heterocycles. The molecule has 0 atom stereocenters. The van der Waals surface area contributed by atoms with Crippen molar-refractivity contribution in [2.45, 2.75) is 20.4 Å². The summed E-state index contributed by atoms with van der Waals surface area (Å²) in [6.45, 7) is 4.40. The zero-order valence-corrected chi connectivity index (χ0v) is 17.2. The minimum Gasteiger partial charge on any atom is -0.440 e. The fraction of sp³-hybridized carbons (Fsp3) is 0.120. The van der Waals surface area contributed by atoms with Crippen molar-refractivity contribution in [3.63, 3.8) is 0 Å². The normalized spacial score (nSPS) is 11.2. The maximum Gasteiger partial charge on any atom is 0.219 e. The van der Waals surface area contributed by atoms with Gasteiger partial charge in [0, 0.05) is 18.0 Å². The monoisotopic (exact) mass is 408 g/mol. The molecular weight excluding hydrogens is 388 g/mol. The molecular formula is C25H20N4O2. The van der Waals surface area contributed by atoms with Crippen LogP contribution in [0.1, 0.15) is 21.7 Å². The second-order valence-corrected chi connectivity index (χ2v) is 7.60. The number of fused-ring (bicyclic) bond motifs is 1. The van der Waals surface area contributed by atoms with Crippen molar-refractivity contribution < 1.29 is 9.21 Å². The number of benzene rings is 2. The van der Waals surface area contributed by atoms with Crippen LogP contribution in [-0.2, 0) is 6.54 Å². The Kier molecular flexibility index (Phi) is 4.67. The van der Waals surface area contributed by atoms with E-state index in [9.17, 15) is 4.79 Å². The van der Waals surface area contributed by atoms with E-state index in [4.69, 9.17) is 4.42 Å². The largest absolute Gasteiger partial charge is 0.440 e. The predicted molar refractivity (Wildman–Crippen MR) is 118 cm³/mol. The lowest BCUT2D eigenvalue weighted by molar-refractivity contribution is 0.0945. The van der Waals surface area contributed by atoms with Crippen LogP contribution >= 0.6 is 0 Å². The number of rotatable bonds is 5. The average Bonchev–Trinajstić information content (AvgIpc) is 3.46. The molecule has 3 aromatic rings. The smallest absolute Gasteiger partial charge is 0.219 e. The summed E-state index contributed by atoms with van der Waals surface area (Å²) in [6, 6.07) is 16.6. The number of imidazole rings is 1. The van der Waals surface area contributed by atoms with Gasteiger partial charge in [-0.15, -0.1) is 0 Å². The third-order valence-corrected chi connectivity index (χ3v) is 5.44. The third-order valence-electron chi connectivity index (χ3n) is 5.44. The van der Waals surface area contributed by atoms with E-state index >= 15 is 0 Å². The number of carbonyl (C=O) groups is 1. The van der Waals surface area contributed by atoms with Gasteiger partial charge in [0.1, 0.15) is 5.69 Å². The Balaban J connectivity index is 1.39. The molecule has 0 saturated carbocycles. The minimum absolute atomic E-state index is 0.150. The van der Waals surface area contributed by atoms with Gasteiger partial charge in [-0.2, -0.15) is 0 Å². The number of nitrogens with zero attached hydrogens (tertiary/aromatic N) is 4. The number of aromatic nitrogens is 4. The lowest BCUT2D eigenvalue weighted by atomic mass is 9.99. The second kappa shape index (κ2) is 7.65. The number of Topliss-reactive ketones (excluding diaryl/α,β-unsaturated/α-hetero) is 1. The van der Waals surface area contributed by atoms with Gasteiger partial charge in [-0.1, -0.05) is 42.5 Å². The Hall–Kier alpha value is -4.06. The lowest BCUT2D eigenvalue weighted by Gasteiger charge is -2.06. The summed E-state index contributed by atoms with van der Waals surface area (Å²) in [4.78, 5) is 25.3. The molecule has 0 spiro atoms. The van der Waals surface area contributed by atoms with E-state index in [0.29, 0.717) is 5.82 Å². The zero-order chi connectivity index (χ0) is 21.4. The van der Waals surface area contributed by atoms with Crippen LogP contribution in [0.25, 0.3) is 33.9 Å². The first kappa shape index (κ1) is 18.9. The predicted octanol–water partition coefficient (Wildman–Crippen LogP) is 5.20. The molecule has 0 radical (unpaired) electrons. The molecule has 2 aliphatic rings. The van der Waals surface area contributed by atoms with Gasteiger partial charge in [0.15, 0.2) is 18.0 Å². The number of ketones is 1. The molecule has 0 saturated heterocycles. The number of hydrogen-bond acceptors (Lipinski definition) is 5. The van der Waals surface area contributed by atoms with Crippen molar-refractivity contribution in [1.29, 1.82) is 0 Å². The van der Waals surface area contributed by atoms with E-state index in [-0.39, 0.29) is 18.1 Å². The molecule has 31 heavy (non-hydrogen) atoms. The Morgan fingerprint density at radius 2 is 1.65 bits per heavy atom. The summed E-state index contributed by atoms with van der Waals surface area (Å²) < 4.78 is 6.84. The zero-order valence-electron chi connectivity index (χ0n) is 17.2. The first-order chi connectivity index (χ1) is 15.1. The van der Waals surface area contributed by atoms with Crippen LogP contribution in [0.4, 0.5) is 0 Å². The Labute approximate surface area is 179 Å². The van der Waals surface area contributed by atoms with Crippen LogP contribution < -0.4 is 0 Å². The van der Waals surface area contributed by atoms with E-state index in [1.807, 2.05) is 30.6 Å². The molecule has 2 aliphatic heterocycles. The fourth-order valence-corrected chi connectivity index (χ4v) is 3.51. The second-order valence-electron chi connectivity index (χ2n) is 7.60. The SMILES string of the molecule is Cc1ccc(-c2ccc(-c3nc4ccn(CC(=O)c5cnco5)cc-4n3)cc2)cc1C. The summed E-state index contributed by atoms with van der Waals surface area (Å²) in [5, 5.41) is 0. The Morgan fingerprint density at radius 1 is 0.903 bits per heavy atom. The van der Waals surface area contributed by atoms with E-state index in [0.717, 1.165) is 22.5 Å². The van der Waals surface area contributed by atoms with Gasteiger partial charge in [-0.25, -0.2) is 15.0 Å². The highest BCUT2D eigenvalue weighted by Gasteiger charge is 2.15. The Bertz CT molecular complexity index is 1330. The number of pyridine rings is 1. The van der Waals surface area contributed by atoms with E-state index < -0.39 is 0 Å². The first-order valence-corrected chi connectivity index (χ1v) is 10.00. The number of carbonyl (C=O) groups excluding carboxylic acids is 1. The topological polar surface area (TPSA) is 73.8 Å². The molecule has 0 fully saturated rings. The molecule has 6 nitrogen and oxygen atoms in total. The van der Waals surface area contributed by atoms with Crippen LogP contribution in [-0.4, -0.2) is 25.3 Å². The highest BCUT2D eigenvalue weighted by molar-refractivity contribution is 5.92. The van der Waals surface area contributed by atoms with Crippen molar-refractivity contribution in [3.05, 3.63) is 90.4 Å². The van der Waals surface area contributed by atoms with Crippen LogP contribution in [0.5, 0.6) is 0 Å². The number of hydrogen-bond donors (Lipinski definition) is 0. The summed E-state index contributed by atoms with van der Waals surface area (Å²) in [5.41, 5.74) is 7.40. The summed E-state index contributed by atoms with van der Waals surface area (Å²) >= 11 is 0. The van der Waals surface area contributed by atoms with Gasteiger partial charge in [-0.05, 0) is 42.2 Å². The molecule has 2 aromatic carbocycles. The van der Waals surface area contributed by atoms with Crippen molar-refractivity contribution >= 4 is 5.78 Å². The van der Waals surface area contributed by atoms with Crippen molar-refractivity contribution in [1.82, 2.24) is 19.5 Å². The van der Waals surface area contributed by atoms with Crippen LogP contribution in [0.3, 0.4) is 0 Å². The summed E-state index contributed by atoms with van der Waals surface area (Å²) in [5.74, 6) is 0.759. The van der Waals surface area contributed by atoms with Gasteiger partial charge in [0.25, 0.3) is 0 Å². The first-order valence-electron chi connectivity index (χ1n) is 10.00. The molecule has 0 unspecified atom stereocenters. The van der Waals surface area contributed by atoms with Crippen molar-refractivity contribution in [3.8, 4) is 33.9 Å². The van der Waals surface area contributed by atoms with E-state index in [2.05, 4.69) is 59.1 Å². The quantitative estimate of drug-likeness (QED) is 0.374. The van der Waals surface area contributed by atoms with Crippen LogP contribution in [0, 0.1) is 13.8 Å².